The van der Waals surface area contributed by atoms with Crippen molar-refractivity contribution in [1.82, 2.24) is 25.5 Å². The first-order valence-corrected chi connectivity index (χ1v) is 6.50. The number of hydrogen-bond acceptors (Lipinski definition) is 5. The van der Waals surface area contributed by atoms with Gasteiger partial charge in [0.1, 0.15) is 6.33 Å². The largest absolute Gasteiger partial charge is 0.396 e. The predicted molar refractivity (Wildman–Crippen MR) is 72.4 cm³/mol. The molecule has 0 spiro atoms. The van der Waals surface area contributed by atoms with E-state index in [1.54, 1.807) is 18.2 Å². The van der Waals surface area contributed by atoms with Crippen LogP contribution in [-0.4, -0.2) is 43.9 Å². The Balaban J connectivity index is 2.22. The minimum Gasteiger partial charge on any atom is -0.396 e. The van der Waals surface area contributed by atoms with Crippen LogP contribution in [-0.2, 0) is 0 Å². The Morgan fingerprint density at radius 3 is 2.90 bits per heavy atom. The van der Waals surface area contributed by atoms with Crippen molar-refractivity contribution >= 4 is 5.91 Å². The van der Waals surface area contributed by atoms with Crippen molar-refractivity contribution in [3.63, 3.8) is 0 Å². The van der Waals surface area contributed by atoms with E-state index in [9.17, 15) is 4.79 Å². The van der Waals surface area contributed by atoms with Crippen LogP contribution in [0.3, 0.4) is 0 Å². The van der Waals surface area contributed by atoms with E-state index in [-0.39, 0.29) is 18.6 Å². The molecule has 0 radical (unpaired) electrons. The second-order valence-electron chi connectivity index (χ2n) is 4.36. The molecule has 2 N–H and O–H groups in total. The molecule has 2 rings (SSSR count). The number of aliphatic hydroxyl groups excluding tert-OH is 1. The van der Waals surface area contributed by atoms with Gasteiger partial charge in [-0.15, -0.1) is 5.10 Å². The van der Waals surface area contributed by atoms with Crippen LogP contribution >= 0.6 is 0 Å². The van der Waals surface area contributed by atoms with Crippen molar-refractivity contribution in [1.29, 1.82) is 0 Å². The molecule has 1 heterocycles. The maximum atomic E-state index is 12.3. The molecule has 0 saturated carbocycles. The van der Waals surface area contributed by atoms with Gasteiger partial charge in [0.15, 0.2) is 0 Å². The van der Waals surface area contributed by atoms with Crippen LogP contribution in [0.25, 0.3) is 5.69 Å². The Bertz CT molecular complexity index is 556. The summed E-state index contributed by atoms with van der Waals surface area (Å²) >= 11 is 0. The summed E-state index contributed by atoms with van der Waals surface area (Å²) in [6.45, 7) is 2.02. The van der Waals surface area contributed by atoms with Crippen LogP contribution < -0.4 is 5.32 Å². The molecular formula is C13H17N5O2. The van der Waals surface area contributed by atoms with Crippen molar-refractivity contribution < 1.29 is 9.90 Å². The molecule has 1 aromatic carbocycles. The molecule has 2 aromatic rings. The summed E-state index contributed by atoms with van der Waals surface area (Å²) in [5.74, 6) is -0.198. The first-order valence-electron chi connectivity index (χ1n) is 6.50. The number of nitrogens with zero attached hydrogens (tertiary/aromatic N) is 4. The predicted octanol–water partition coefficient (Wildman–Crippen LogP) is 0.553. The third kappa shape index (κ3) is 3.18. The Morgan fingerprint density at radius 1 is 1.45 bits per heavy atom. The normalized spacial score (nSPS) is 12.1. The Morgan fingerprint density at radius 2 is 2.25 bits per heavy atom. The fraction of sp³-hybridized carbons (Fsp3) is 0.385. The number of benzene rings is 1. The standard InChI is InChI=1S/C13H17N5O2/c1-2-10(7-8-19)15-13(20)11-5-3-4-6-12(11)18-9-14-16-17-18/h3-6,9-10,19H,2,7-8H2,1H3,(H,15,20). The quantitative estimate of drug-likeness (QED) is 0.803. The SMILES string of the molecule is CCC(CCO)NC(=O)c1ccccc1-n1cnnn1. The average Bonchev–Trinajstić information content (AvgIpc) is 3.00. The number of hydrogen-bond donors (Lipinski definition) is 2. The minimum absolute atomic E-state index is 0.0468. The van der Waals surface area contributed by atoms with Gasteiger partial charge in [-0.25, -0.2) is 0 Å². The van der Waals surface area contributed by atoms with Gasteiger partial charge in [0.25, 0.3) is 5.91 Å². The van der Waals surface area contributed by atoms with E-state index in [0.717, 1.165) is 6.42 Å². The molecule has 7 nitrogen and oxygen atoms in total. The fourth-order valence-corrected chi connectivity index (χ4v) is 1.93. The summed E-state index contributed by atoms with van der Waals surface area (Å²) < 4.78 is 1.45. The van der Waals surface area contributed by atoms with Gasteiger partial charge in [-0.1, -0.05) is 19.1 Å². The summed E-state index contributed by atoms with van der Waals surface area (Å²) in [5, 5.41) is 22.8. The zero-order valence-corrected chi connectivity index (χ0v) is 11.2. The smallest absolute Gasteiger partial charge is 0.253 e. The molecule has 0 bridgehead atoms. The zero-order valence-electron chi connectivity index (χ0n) is 11.2. The van der Waals surface area contributed by atoms with E-state index in [4.69, 9.17) is 5.11 Å². The average molecular weight is 275 g/mol. The molecule has 0 aliphatic carbocycles. The van der Waals surface area contributed by atoms with Gasteiger partial charge >= 0.3 is 0 Å². The molecule has 7 heteroatoms. The third-order valence-electron chi connectivity index (χ3n) is 3.05. The number of aromatic nitrogens is 4. The first kappa shape index (κ1) is 14.1. The van der Waals surface area contributed by atoms with Crippen molar-refractivity contribution in [2.75, 3.05) is 6.61 Å². The number of para-hydroxylation sites is 1. The number of aliphatic hydroxyl groups is 1. The lowest BCUT2D eigenvalue weighted by atomic mass is 10.1. The summed E-state index contributed by atoms with van der Waals surface area (Å²) in [7, 11) is 0. The van der Waals surface area contributed by atoms with Gasteiger partial charge < -0.3 is 10.4 Å². The van der Waals surface area contributed by atoms with Crippen LogP contribution in [0, 0.1) is 0 Å². The molecule has 0 aliphatic heterocycles. The number of rotatable bonds is 6. The highest BCUT2D eigenvalue weighted by molar-refractivity contribution is 5.97. The lowest BCUT2D eigenvalue weighted by Crippen LogP contribution is -2.35. The number of carbonyl (C=O) groups is 1. The summed E-state index contributed by atoms with van der Waals surface area (Å²) in [4.78, 5) is 12.3. The van der Waals surface area contributed by atoms with E-state index >= 15 is 0 Å². The maximum absolute atomic E-state index is 12.3. The van der Waals surface area contributed by atoms with Crippen LogP contribution in [0.2, 0.25) is 0 Å². The molecule has 106 valence electrons. The molecule has 1 unspecified atom stereocenters. The van der Waals surface area contributed by atoms with E-state index in [1.165, 1.54) is 11.0 Å². The van der Waals surface area contributed by atoms with E-state index < -0.39 is 0 Å². The monoisotopic (exact) mass is 275 g/mol. The van der Waals surface area contributed by atoms with Crippen molar-refractivity contribution in [2.45, 2.75) is 25.8 Å². The molecule has 20 heavy (non-hydrogen) atoms. The fourth-order valence-electron chi connectivity index (χ4n) is 1.93. The van der Waals surface area contributed by atoms with Crippen LogP contribution in [0.15, 0.2) is 30.6 Å². The molecule has 1 aromatic heterocycles. The number of tetrazole rings is 1. The molecule has 0 aliphatic rings. The van der Waals surface area contributed by atoms with Crippen molar-refractivity contribution in [3.05, 3.63) is 36.2 Å². The molecule has 0 fully saturated rings. The van der Waals surface area contributed by atoms with E-state index in [2.05, 4.69) is 20.8 Å². The first-order chi connectivity index (χ1) is 9.76. The van der Waals surface area contributed by atoms with Crippen LogP contribution in [0.5, 0.6) is 0 Å². The number of carbonyl (C=O) groups excluding carboxylic acids is 1. The summed E-state index contributed by atoms with van der Waals surface area (Å²) in [5.41, 5.74) is 1.12. The lowest BCUT2D eigenvalue weighted by molar-refractivity contribution is 0.0929. The molecule has 1 atom stereocenters. The Kier molecular flexibility index (Phi) is 4.78. The third-order valence-corrected chi connectivity index (χ3v) is 3.05. The highest BCUT2D eigenvalue weighted by Gasteiger charge is 2.16. The Labute approximate surface area is 116 Å². The number of amides is 1. The highest BCUT2D eigenvalue weighted by Crippen LogP contribution is 2.13. The summed E-state index contributed by atoms with van der Waals surface area (Å²) in [6, 6.07) is 7.06. The van der Waals surface area contributed by atoms with Gasteiger partial charge in [0.2, 0.25) is 0 Å². The second-order valence-corrected chi connectivity index (χ2v) is 4.36. The molecular weight excluding hydrogens is 258 g/mol. The summed E-state index contributed by atoms with van der Waals surface area (Å²) in [6.07, 6.45) is 2.74. The van der Waals surface area contributed by atoms with Crippen molar-refractivity contribution in [2.24, 2.45) is 0 Å². The van der Waals surface area contributed by atoms with E-state index in [1.807, 2.05) is 13.0 Å². The van der Waals surface area contributed by atoms with Gasteiger partial charge in [0, 0.05) is 12.6 Å². The highest BCUT2D eigenvalue weighted by atomic mass is 16.3. The van der Waals surface area contributed by atoms with Gasteiger partial charge in [-0.3, -0.25) is 4.79 Å². The lowest BCUT2D eigenvalue weighted by Gasteiger charge is -2.16. The van der Waals surface area contributed by atoms with Crippen LogP contribution in [0.1, 0.15) is 30.1 Å². The Hall–Kier alpha value is -2.28. The van der Waals surface area contributed by atoms with Gasteiger partial charge in [-0.2, -0.15) is 4.68 Å². The maximum Gasteiger partial charge on any atom is 0.253 e. The zero-order chi connectivity index (χ0) is 14.4. The topological polar surface area (TPSA) is 92.9 Å². The van der Waals surface area contributed by atoms with Crippen molar-refractivity contribution in [3.8, 4) is 5.69 Å². The van der Waals surface area contributed by atoms with Crippen LogP contribution in [0.4, 0.5) is 0 Å². The molecule has 0 saturated heterocycles. The van der Waals surface area contributed by atoms with Gasteiger partial charge in [0.05, 0.1) is 11.3 Å². The number of nitrogens with one attached hydrogen (secondary N) is 1. The van der Waals surface area contributed by atoms with E-state index in [0.29, 0.717) is 17.7 Å². The van der Waals surface area contributed by atoms with Gasteiger partial charge in [-0.05, 0) is 35.4 Å². The molecule has 1 amide bonds. The minimum atomic E-state index is -0.198. The second kappa shape index (κ2) is 6.76.